The van der Waals surface area contributed by atoms with Crippen LogP contribution in [-0.2, 0) is 10.8 Å². The standard InChI is InChI=1S/C29H39NOSi/c1-24(21-26(30-5)22-25-15-9-6-10-16-25)23-31-32(29(2,3)4,27-17-11-7-12-18-27)28-19-13-8-14-20-28/h6-20,24,26,30H,21-23H2,1-5H3/t24-,26-/m1/s1. The molecule has 0 bridgehead atoms. The molecule has 0 aliphatic carbocycles. The number of benzene rings is 3. The third-order valence-electron chi connectivity index (χ3n) is 6.42. The summed E-state index contributed by atoms with van der Waals surface area (Å²) >= 11 is 0. The van der Waals surface area contributed by atoms with E-state index in [1.807, 2.05) is 0 Å². The van der Waals surface area contributed by atoms with Gasteiger partial charge in [-0.25, -0.2) is 0 Å². The van der Waals surface area contributed by atoms with Gasteiger partial charge in [-0.2, -0.15) is 0 Å². The minimum Gasteiger partial charge on any atom is -0.407 e. The minimum absolute atomic E-state index is 0.0157. The maximum atomic E-state index is 7.13. The molecule has 0 aliphatic heterocycles. The van der Waals surface area contributed by atoms with Crippen LogP contribution in [0.15, 0.2) is 91.0 Å². The van der Waals surface area contributed by atoms with Crippen molar-refractivity contribution in [2.75, 3.05) is 13.7 Å². The molecule has 2 atom stereocenters. The third-order valence-corrected chi connectivity index (χ3v) is 11.4. The van der Waals surface area contributed by atoms with Crippen molar-refractivity contribution in [1.29, 1.82) is 0 Å². The zero-order chi connectivity index (χ0) is 23.0. The van der Waals surface area contributed by atoms with Gasteiger partial charge in [0, 0.05) is 12.6 Å². The summed E-state index contributed by atoms with van der Waals surface area (Å²) in [6, 6.07) is 33.0. The highest BCUT2D eigenvalue weighted by Crippen LogP contribution is 2.37. The molecule has 32 heavy (non-hydrogen) atoms. The SMILES string of the molecule is CN[C@@H](Cc1ccccc1)C[C@@H](C)CO[Si](c1ccccc1)(c1ccccc1)C(C)(C)C. The van der Waals surface area contributed by atoms with Gasteiger partial charge in [-0.05, 0) is 46.8 Å². The molecule has 0 heterocycles. The molecule has 3 rings (SSSR count). The summed E-state index contributed by atoms with van der Waals surface area (Å²) in [7, 11) is -0.395. The van der Waals surface area contributed by atoms with E-state index in [9.17, 15) is 0 Å². The number of hydrogen-bond acceptors (Lipinski definition) is 2. The van der Waals surface area contributed by atoms with Crippen LogP contribution in [0, 0.1) is 5.92 Å². The van der Waals surface area contributed by atoms with Crippen LogP contribution in [0.5, 0.6) is 0 Å². The lowest BCUT2D eigenvalue weighted by Crippen LogP contribution is -2.66. The van der Waals surface area contributed by atoms with Crippen molar-refractivity contribution < 1.29 is 4.43 Å². The van der Waals surface area contributed by atoms with E-state index in [0.29, 0.717) is 12.0 Å². The van der Waals surface area contributed by atoms with Crippen molar-refractivity contribution in [3.05, 3.63) is 96.6 Å². The van der Waals surface area contributed by atoms with Gasteiger partial charge in [-0.15, -0.1) is 0 Å². The molecule has 0 saturated heterocycles. The van der Waals surface area contributed by atoms with Crippen LogP contribution in [0.4, 0.5) is 0 Å². The Bertz CT molecular complexity index is 882. The van der Waals surface area contributed by atoms with Gasteiger partial charge in [0.25, 0.3) is 8.32 Å². The zero-order valence-electron chi connectivity index (χ0n) is 20.3. The normalized spacial score (nSPS) is 14.2. The van der Waals surface area contributed by atoms with Crippen LogP contribution >= 0.6 is 0 Å². The maximum absolute atomic E-state index is 7.13. The van der Waals surface area contributed by atoms with E-state index in [4.69, 9.17) is 4.43 Å². The number of nitrogens with one attached hydrogen (secondary N) is 1. The quantitative estimate of drug-likeness (QED) is 0.421. The molecule has 0 fully saturated rings. The molecule has 0 radical (unpaired) electrons. The molecule has 3 heteroatoms. The Kier molecular flexibility index (Phi) is 8.47. The van der Waals surface area contributed by atoms with Crippen LogP contribution in [0.1, 0.15) is 39.7 Å². The van der Waals surface area contributed by atoms with Gasteiger partial charge in [-0.1, -0.05) is 119 Å². The van der Waals surface area contributed by atoms with Crippen molar-refractivity contribution in [3.63, 3.8) is 0 Å². The lowest BCUT2D eigenvalue weighted by Gasteiger charge is -2.43. The first-order chi connectivity index (χ1) is 15.4. The van der Waals surface area contributed by atoms with E-state index in [1.54, 1.807) is 0 Å². The Morgan fingerprint density at radius 1 is 0.781 bits per heavy atom. The molecule has 3 aromatic carbocycles. The van der Waals surface area contributed by atoms with E-state index in [1.165, 1.54) is 15.9 Å². The van der Waals surface area contributed by atoms with Gasteiger partial charge in [0.2, 0.25) is 0 Å². The topological polar surface area (TPSA) is 21.3 Å². The van der Waals surface area contributed by atoms with E-state index in [0.717, 1.165) is 19.4 Å². The van der Waals surface area contributed by atoms with Crippen LogP contribution in [-0.4, -0.2) is 28.0 Å². The molecule has 0 spiro atoms. The highest BCUT2D eigenvalue weighted by molar-refractivity contribution is 6.99. The molecule has 1 N–H and O–H groups in total. The number of likely N-dealkylation sites (N-methyl/N-ethyl adjacent to an activating group) is 1. The Hall–Kier alpha value is -2.20. The fourth-order valence-electron chi connectivity index (χ4n) is 4.78. The fraction of sp³-hybridized carbons (Fsp3) is 0.379. The van der Waals surface area contributed by atoms with Gasteiger partial charge >= 0.3 is 0 Å². The first-order valence-corrected chi connectivity index (χ1v) is 13.7. The molecule has 0 saturated carbocycles. The summed E-state index contributed by atoms with van der Waals surface area (Å²) in [5.41, 5.74) is 1.38. The van der Waals surface area contributed by atoms with E-state index in [-0.39, 0.29) is 5.04 Å². The third kappa shape index (κ3) is 5.77. The van der Waals surface area contributed by atoms with Gasteiger partial charge in [0.1, 0.15) is 0 Å². The van der Waals surface area contributed by atoms with Crippen LogP contribution < -0.4 is 15.7 Å². The summed E-state index contributed by atoms with van der Waals surface area (Å²) in [6.07, 6.45) is 2.13. The Labute approximate surface area is 196 Å². The molecule has 0 unspecified atom stereocenters. The monoisotopic (exact) mass is 445 g/mol. The first-order valence-electron chi connectivity index (χ1n) is 11.8. The molecule has 170 valence electrons. The van der Waals surface area contributed by atoms with Gasteiger partial charge in [0.15, 0.2) is 0 Å². The second-order valence-corrected chi connectivity index (χ2v) is 14.3. The van der Waals surface area contributed by atoms with Crippen molar-refractivity contribution in [1.82, 2.24) is 5.32 Å². The molecular formula is C29H39NOSi. The molecule has 0 aliphatic rings. The summed E-state index contributed by atoms with van der Waals surface area (Å²) in [5.74, 6) is 0.456. The van der Waals surface area contributed by atoms with E-state index >= 15 is 0 Å². The minimum atomic E-state index is -2.47. The molecule has 2 nitrogen and oxygen atoms in total. The Morgan fingerprint density at radius 3 is 1.69 bits per heavy atom. The van der Waals surface area contributed by atoms with Gasteiger partial charge in [-0.3, -0.25) is 0 Å². The van der Waals surface area contributed by atoms with Gasteiger partial charge in [0.05, 0.1) is 0 Å². The average Bonchev–Trinajstić information content (AvgIpc) is 2.80. The van der Waals surface area contributed by atoms with Crippen LogP contribution in [0.3, 0.4) is 0 Å². The maximum Gasteiger partial charge on any atom is 0.261 e. The lowest BCUT2D eigenvalue weighted by molar-refractivity contribution is 0.226. The predicted molar refractivity (Wildman–Crippen MR) is 140 cm³/mol. The fourth-order valence-corrected chi connectivity index (χ4v) is 9.47. The van der Waals surface area contributed by atoms with Gasteiger partial charge < -0.3 is 9.74 Å². The summed E-state index contributed by atoms with van der Waals surface area (Å²) in [4.78, 5) is 0. The summed E-state index contributed by atoms with van der Waals surface area (Å²) < 4.78 is 7.13. The van der Waals surface area contributed by atoms with Crippen molar-refractivity contribution in [2.24, 2.45) is 5.92 Å². The van der Waals surface area contributed by atoms with E-state index < -0.39 is 8.32 Å². The second-order valence-electron chi connectivity index (χ2n) is 9.99. The van der Waals surface area contributed by atoms with Crippen molar-refractivity contribution in [3.8, 4) is 0 Å². The number of rotatable bonds is 10. The molecule has 3 aromatic rings. The summed E-state index contributed by atoms with van der Waals surface area (Å²) in [6.45, 7) is 10.1. The number of hydrogen-bond donors (Lipinski definition) is 1. The smallest absolute Gasteiger partial charge is 0.261 e. The average molecular weight is 446 g/mol. The Morgan fingerprint density at radius 2 is 1.25 bits per heavy atom. The molecular weight excluding hydrogens is 406 g/mol. The predicted octanol–water partition coefficient (Wildman–Crippen LogP) is 5.42. The van der Waals surface area contributed by atoms with Crippen molar-refractivity contribution in [2.45, 2.75) is 51.6 Å². The van der Waals surface area contributed by atoms with Crippen molar-refractivity contribution >= 4 is 18.7 Å². The second kappa shape index (κ2) is 11.1. The largest absolute Gasteiger partial charge is 0.407 e. The van der Waals surface area contributed by atoms with Crippen LogP contribution in [0.2, 0.25) is 5.04 Å². The molecule has 0 amide bonds. The molecule has 0 aromatic heterocycles. The highest BCUT2D eigenvalue weighted by Gasteiger charge is 2.50. The van der Waals surface area contributed by atoms with E-state index in [2.05, 4.69) is 131 Å². The zero-order valence-corrected chi connectivity index (χ0v) is 21.3. The summed E-state index contributed by atoms with van der Waals surface area (Å²) in [5, 5.41) is 6.24. The lowest BCUT2D eigenvalue weighted by atomic mass is 9.97. The first kappa shape index (κ1) is 24.4. The Balaban J connectivity index is 1.82. The highest BCUT2D eigenvalue weighted by atomic mass is 28.4. The van der Waals surface area contributed by atoms with Crippen LogP contribution in [0.25, 0.3) is 0 Å².